The molecule has 0 aromatic rings. The van der Waals surface area contributed by atoms with Crippen molar-refractivity contribution in [3.63, 3.8) is 0 Å². The zero-order chi connectivity index (χ0) is 13.7. The minimum absolute atomic E-state index is 0.0139. The Balaban J connectivity index is 2.55. The number of piperidine rings is 1. The summed E-state index contributed by atoms with van der Waals surface area (Å²) in [4.78, 5) is 24.6. The van der Waals surface area contributed by atoms with E-state index in [-0.39, 0.29) is 24.5 Å². The first-order valence-corrected chi connectivity index (χ1v) is 6.74. The van der Waals surface area contributed by atoms with Crippen LogP contribution in [0.3, 0.4) is 0 Å². The Hall–Kier alpha value is -1.26. The maximum atomic E-state index is 12.1. The number of hydrogen-bond donors (Lipinski definition) is 2. The summed E-state index contributed by atoms with van der Waals surface area (Å²) in [7, 11) is 0. The van der Waals surface area contributed by atoms with Crippen LogP contribution in [0.1, 0.15) is 46.5 Å². The first-order chi connectivity index (χ1) is 8.45. The van der Waals surface area contributed by atoms with Gasteiger partial charge in [0, 0.05) is 18.6 Å². The van der Waals surface area contributed by atoms with Crippen LogP contribution in [0.25, 0.3) is 0 Å². The third kappa shape index (κ3) is 3.89. The van der Waals surface area contributed by atoms with Crippen molar-refractivity contribution in [1.82, 2.24) is 10.2 Å². The Labute approximate surface area is 109 Å². The van der Waals surface area contributed by atoms with Gasteiger partial charge < -0.3 is 15.3 Å². The molecule has 0 aliphatic carbocycles. The van der Waals surface area contributed by atoms with Gasteiger partial charge in [0.25, 0.3) is 0 Å². The molecule has 0 aromatic heterocycles. The molecule has 0 saturated carbocycles. The number of likely N-dealkylation sites (tertiary alicyclic amines) is 1. The lowest BCUT2D eigenvalue weighted by Gasteiger charge is -2.38. The fourth-order valence-corrected chi connectivity index (χ4v) is 2.39. The number of carbonyl (C=O) groups is 2. The van der Waals surface area contributed by atoms with Gasteiger partial charge in [0.1, 0.15) is 0 Å². The second kappa shape index (κ2) is 6.61. The maximum Gasteiger partial charge on any atom is 0.317 e. The van der Waals surface area contributed by atoms with Crippen molar-refractivity contribution in [1.29, 1.82) is 0 Å². The van der Waals surface area contributed by atoms with Gasteiger partial charge in [-0.1, -0.05) is 13.8 Å². The van der Waals surface area contributed by atoms with Crippen LogP contribution in [-0.2, 0) is 4.79 Å². The molecule has 1 rings (SSSR count). The van der Waals surface area contributed by atoms with Gasteiger partial charge in [-0.05, 0) is 32.1 Å². The van der Waals surface area contributed by atoms with Gasteiger partial charge in [-0.15, -0.1) is 0 Å². The van der Waals surface area contributed by atoms with Crippen molar-refractivity contribution >= 4 is 12.0 Å². The lowest BCUT2D eigenvalue weighted by atomic mass is 9.92. The average Bonchev–Trinajstić information content (AvgIpc) is 2.31. The van der Waals surface area contributed by atoms with E-state index in [1.165, 1.54) is 0 Å². The largest absolute Gasteiger partial charge is 0.481 e. The number of hydrogen-bond acceptors (Lipinski definition) is 2. The summed E-state index contributed by atoms with van der Waals surface area (Å²) in [5.41, 5.74) is 0. The van der Waals surface area contributed by atoms with E-state index < -0.39 is 5.97 Å². The van der Waals surface area contributed by atoms with Crippen molar-refractivity contribution in [2.75, 3.05) is 6.54 Å². The number of aliphatic carboxylic acids is 1. The standard InChI is InChI=1S/C13H24N2O3/c1-4-11(8-12(16)17)14-13(18)15-7-5-6-9(2)10(15)3/h9-11H,4-8H2,1-3H3,(H,14,18)(H,16,17). The van der Waals surface area contributed by atoms with Crippen molar-refractivity contribution < 1.29 is 14.7 Å². The van der Waals surface area contributed by atoms with Gasteiger partial charge in [0.2, 0.25) is 0 Å². The van der Waals surface area contributed by atoms with E-state index in [2.05, 4.69) is 19.2 Å². The van der Waals surface area contributed by atoms with Crippen molar-refractivity contribution in [2.24, 2.45) is 5.92 Å². The molecule has 0 radical (unpaired) electrons. The number of nitrogens with one attached hydrogen (secondary N) is 1. The summed E-state index contributed by atoms with van der Waals surface area (Å²) >= 11 is 0. The third-order valence-electron chi connectivity index (χ3n) is 3.88. The SMILES string of the molecule is CCC(CC(=O)O)NC(=O)N1CCCC(C)C1C. The first-order valence-electron chi connectivity index (χ1n) is 6.74. The Morgan fingerprint density at radius 1 is 1.44 bits per heavy atom. The highest BCUT2D eigenvalue weighted by Crippen LogP contribution is 2.22. The van der Waals surface area contributed by atoms with Gasteiger partial charge in [-0.2, -0.15) is 0 Å². The molecule has 1 heterocycles. The molecule has 1 aliphatic rings. The van der Waals surface area contributed by atoms with Crippen molar-refractivity contribution in [2.45, 2.75) is 58.5 Å². The lowest BCUT2D eigenvalue weighted by molar-refractivity contribution is -0.137. The van der Waals surface area contributed by atoms with E-state index in [1.807, 2.05) is 11.8 Å². The fourth-order valence-electron chi connectivity index (χ4n) is 2.39. The van der Waals surface area contributed by atoms with Crippen LogP contribution in [0.2, 0.25) is 0 Å². The third-order valence-corrected chi connectivity index (χ3v) is 3.88. The Kier molecular flexibility index (Phi) is 5.44. The molecular weight excluding hydrogens is 232 g/mol. The van der Waals surface area contributed by atoms with Gasteiger partial charge in [-0.3, -0.25) is 4.79 Å². The second-order valence-corrected chi connectivity index (χ2v) is 5.21. The molecule has 0 aromatic carbocycles. The molecule has 2 N–H and O–H groups in total. The molecule has 104 valence electrons. The normalized spacial score (nSPS) is 25.6. The summed E-state index contributed by atoms with van der Waals surface area (Å²) in [5.74, 6) is -0.369. The molecular formula is C13H24N2O3. The summed E-state index contributed by atoms with van der Waals surface area (Å²) in [5, 5.41) is 11.6. The van der Waals surface area contributed by atoms with Crippen LogP contribution >= 0.6 is 0 Å². The second-order valence-electron chi connectivity index (χ2n) is 5.21. The van der Waals surface area contributed by atoms with Crippen LogP contribution in [0, 0.1) is 5.92 Å². The molecule has 0 bridgehead atoms. The number of carboxylic acid groups (broad SMARTS) is 1. The van der Waals surface area contributed by atoms with Gasteiger partial charge in [0.05, 0.1) is 6.42 Å². The summed E-state index contributed by atoms with van der Waals surface area (Å²) in [6.45, 7) is 6.86. The molecule has 2 amide bonds. The van der Waals surface area contributed by atoms with Crippen LogP contribution in [0.15, 0.2) is 0 Å². The minimum Gasteiger partial charge on any atom is -0.481 e. The molecule has 3 unspecified atom stereocenters. The van der Waals surface area contributed by atoms with Crippen LogP contribution in [0.5, 0.6) is 0 Å². The van der Waals surface area contributed by atoms with Gasteiger partial charge >= 0.3 is 12.0 Å². The average molecular weight is 256 g/mol. The minimum atomic E-state index is -0.873. The van der Waals surface area contributed by atoms with E-state index in [9.17, 15) is 9.59 Å². The predicted octanol–water partition coefficient (Wildman–Crippen LogP) is 2.07. The fraction of sp³-hybridized carbons (Fsp3) is 0.846. The van der Waals surface area contributed by atoms with Gasteiger partial charge in [-0.25, -0.2) is 4.79 Å². The number of amides is 2. The molecule has 18 heavy (non-hydrogen) atoms. The van der Waals surface area contributed by atoms with Crippen LogP contribution in [0.4, 0.5) is 4.79 Å². The summed E-state index contributed by atoms with van der Waals surface area (Å²) in [6.07, 6.45) is 2.79. The van der Waals surface area contributed by atoms with E-state index in [0.717, 1.165) is 19.4 Å². The molecule has 1 fully saturated rings. The zero-order valence-electron chi connectivity index (χ0n) is 11.5. The molecule has 5 heteroatoms. The number of carboxylic acids is 1. The number of carbonyl (C=O) groups excluding carboxylic acids is 1. The summed E-state index contributed by atoms with van der Waals surface area (Å²) in [6, 6.07) is -0.178. The van der Waals surface area contributed by atoms with E-state index >= 15 is 0 Å². The number of rotatable bonds is 4. The smallest absolute Gasteiger partial charge is 0.317 e. The highest BCUT2D eigenvalue weighted by Gasteiger charge is 2.29. The molecule has 1 aliphatic heterocycles. The maximum absolute atomic E-state index is 12.1. The zero-order valence-corrected chi connectivity index (χ0v) is 11.5. The lowest BCUT2D eigenvalue weighted by Crippen LogP contribution is -2.52. The Bertz CT molecular complexity index is 307. The molecule has 3 atom stereocenters. The molecule has 0 spiro atoms. The highest BCUT2D eigenvalue weighted by atomic mass is 16.4. The van der Waals surface area contributed by atoms with Crippen LogP contribution in [-0.4, -0.2) is 40.6 Å². The number of nitrogens with zero attached hydrogens (tertiary/aromatic N) is 1. The topological polar surface area (TPSA) is 69.6 Å². The van der Waals surface area contributed by atoms with Crippen molar-refractivity contribution in [3.8, 4) is 0 Å². The Morgan fingerprint density at radius 3 is 2.67 bits per heavy atom. The predicted molar refractivity (Wildman–Crippen MR) is 69.4 cm³/mol. The molecule has 1 saturated heterocycles. The highest BCUT2D eigenvalue weighted by molar-refractivity contribution is 5.76. The van der Waals surface area contributed by atoms with E-state index in [0.29, 0.717) is 12.3 Å². The van der Waals surface area contributed by atoms with Gasteiger partial charge in [0.15, 0.2) is 0 Å². The quantitative estimate of drug-likeness (QED) is 0.809. The van der Waals surface area contributed by atoms with E-state index in [4.69, 9.17) is 5.11 Å². The Morgan fingerprint density at radius 2 is 2.11 bits per heavy atom. The molecule has 5 nitrogen and oxygen atoms in total. The van der Waals surface area contributed by atoms with E-state index in [1.54, 1.807) is 0 Å². The van der Waals surface area contributed by atoms with Crippen molar-refractivity contribution in [3.05, 3.63) is 0 Å². The van der Waals surface area contributed by atoms with Crippen LogP contribution < -0.4 is 5.32 Å². The first kappa shape index (κ1) is 14.8. The summed E-state index contributed by atoms with van der Waals surface area (Å²) < 4.78 is 0. The number of urea groups is 1. The monoisotopic (exact) mass is 256 g/mol.